The summed E-state index contributed by atoms with van der Waals surface area (Å²) in [6.07, 6.45) is 6.13. The molecule has 0 saturated heterocycles. The smallest absolute Gasteiger partial charge is 0.252 e. The van der Waals surface area contributed by atoms with Crippen molar-refractivity contribution in [1.82, 2.24) is 19.9 Å². The molecule has 2 aliphatic rings. The number of rotatable bonds is 3. The third-order valence-electron chi connectivity index (χ3n) is 5.03. The molecule has 4 rings (SSSR count). The lowest BCUT2D eigenvalue weighted by Gasteiger charge is -2.18. The van der Waals surface area contributed by atoms with E-state index < -0.39 is 0 Å². The van der Waals surface area contributed by atoms with Gasteiger partial charge in [-0.2, -0.15) is 4.98 Å². The van der Waals surface area contributed by atoms with Gasteiger partial charge in [0.15, 0.2) is 0 Å². The fourth-order valence-corrected chi connectivity index (χ4v) is 3.72. The van der Waals surface area contributed by atoms with Crippen molar-refractivity contribution in [2.24, 2.45) is 5.92 Å². The monoisotopic (exact) mass is 346 g/mol. The highest BCUT2D eigenvalue weighted by molar-refractivity contribution is 6.28. The van der Waals surface area contributed by atoms with E-state index in [0.29, 0.717) is 5.65 Å². The van der Waals surface area contributed by atoms with Crippen molar-refractivity contribution in [2.45, 2.75) is 51.1 Å². The number of pyridine rings is 1. The van der Waals surface area contributed by atoms with Gasteiger partial charge in [0.05, 0.1) is 0 Å². The summed E-state index contributed by atoms with van der Waals surface area (Å²) in [6.45, 7) is 1.87. The van der Waals surface area contributed by atoms with E-state index in [1.54, 1.807) is 16.8 Å². The molecular formula is C17H19ClN4O2. The van der Waals surface area contributed by atoms with E-state index in [1.807, 2.05) is 6.92 Å². The van der Waals surface area contributed by atoms with Crippen LogP contribution in [0.15, 0.2) is 17.1 Å². The van der Waals surface area contributed by atoms with E-state index in [1.165, 1.54) is 0 Å². The zero-order valence-electron chi connectivity index (χ0n) is 13.5. The van der Waals surface area contributed by atoms with Gasteiger partial charge < -0.3 is 5.32 Å². The third kappa shape index (κ3) is 2.79. The first-order valence-corrected chi connectivity index (χ1v) is 8.75. The zero-order chi connectivity index (χ0) is 16.8. The van der Waals surface area contributed by atoms with Gasteiger partial charge in [-0.25, -0.2) is 4.98 Å². The van der Waals surface area contributed by atoms with Crippen LogP contribution in [0.2, 0.25) is 5.28 Å². The Morgan fingerprint density at radius 2 is 2.12 bits per heavy atom. The van der Waals surface area contributed by atoms with Crippen LogP contribution in [0.3, 0.4) is 0 Å². The average molecular weight is 347 g/mol. The number of carbonyl (C=O) groups is 1. The molecule has 0 bridgehead atoms. The van der Waals surface area contributed by atoms with Gasteiger partial charge in [0, 0.05) is 35.7 Å². The molecule has 6 nitrogen and oxygen atoms in total. The molecule has 1 amide bonds. The Bertz CT molecular complexity index is 875. The van der Waals surface area contributed by atoms with Gasteiger partial charge in [0.25, 0.3) is 5.56 Å². The maximum absolute atomic E-state index is 12.6. The van der Waals surface area contributed by atoms with Crippen molar-refractivity contribution < 1.29 is 4.79 Å². The van der Waals surface area contributed by atoms with Crippen LogP contribution in [-0.2, 0) is 4.79 Å². The molecule has 7 heteroatoms. The molecule has 2 saturated carbocycles. The Balaban J connectivity index is 1.65. The van der Waals surface area contributed by atoms with Crippen molar-refractivity contribution in [3.63, 3.8) is 0 Å². The van der Waals surface area contributed by atoms with Crippen molar-refractivity contribution in [3.05, 3.63) is 33.5 Å². The Morgan fingerprint density at radius 3 is 2.88 bits per heavy atom. The number of fused-ring (bicyclic) bond motifs is 1. The highest BCUT2D eigenvalue weighted by Gasteiger charge is 2.34. The number of carbonyl (C=O) groups excluding carboxylic acids is 1. The number of halogens is 1. The minimum atomic E-state index is -0.0751. The summed E-state index contributed by atoms with van der Waals surface area (Å²) in [5, 5.41) is 4.09. The van der Waals surface area contributed by atoms with E-state index in [9.17, 15) is 9.59 Å². The van der Waals surface area contributed by atoms with Crippen molar-refractivity contribution >= 4 is 28.5 Å². The number of hydrogen-bond acceptors (Lipinski definition) is 4. The number of aromatic nitrogens is 3. The van der Waals surface area contributed by atoms with Crippen LogP contribution in [0, 0.1) is 12.8 Å². The van der Waals surface area contributed by atoms with Gasteiger partial charge in [-0.1, -0.05) is 0 Å². The SMILES string of the molecule is Cc1cc(=O)n([C@H]2CCC(NC(=O)C3CC3)C2)c2nc(Cl)ncc12. The van der Waals surface area contributed by atoms with Gasteiger partial charge in [-0.05, 0) is 56.2 Å². The Labute approximate surface area is 144 Å². The number of hydrogen-bond donors (Lipinski definition) is 1. The molecule has 0 aliphatic heterocycles. The molecule has 2 atom stereocenters. The summed E-state index contributed by atoms with van der Waals surface area (Å²) in [7, 11) is 0. The van der Waals surface area contributed by atoms with E-state index in [0.717, 1.165) is 43.1 Å². The molecule has 0 radical (unpaired) electrons. The summed E-state index contributed by atoms with van der Waals surface area (Å²) >= 11 is 5.95. The molecule has 126 valence electrons. The Morgan fingerprint density at radius 1 is 1.33 bits per heavy atom. The quantitative estimate of drug-likeness (QED) is 0.865. The summed E-state index contributed by atoms with van der Waals surface area (Å²) in [6, 6.07) is 1.77. The van der Waals surface area contributed by atoms with Gasteiger partial charge in [0.2, 0.25) is 11.2 Å². The normalized spacial score (nSPS) is 23.6. The molecule has 2 aliphatic carbocycles. The van der Waals surface area contributed by atoms with Crippen LogP contribution in [0.25, 0.3) is 11.0 Å². The van der Waals surface area contributed by atoms with Gasteiger partial charge >= 0.3 is 0 Å². The Hall–Kier alpha value is -1.95. The van der Waals surface area contributed by atoms with E-state index in [-0.39, 0.29) is 34.8 Å². The average Bonchev–Trinajstić information content (AvgIpc) is 3.29. The second kappa shape index (κ2) is 5.84. The molecule has 0 spiro atoms. The summed E-state index contributed by atoms with van der Waals surface area (Å²) in [5.41, 5.74) is 1.35. The number of nitrogens with zero attached hydrogens (tertiary/aromatic N) is 3. The van der Waals surface area contributed by atoms with Crippen LogP contribution in [0.1, 0.15) is 43.7 Å². The minimum Gasteiger partial charge on any atom is -0.353 e. The van der Waals surface area contributed by atoms with Gasteiger partial charge in [-0.3, -0.25) is 14.2 Å². The predicted molar refractivity (Wildman–Crippen MR) is 91.1 cm³/mol. The van der Waals surface area contributed by atoms with Gasteiger partial charge in [-0.15, -0.1) is 0 Å². The molecule has 2 aromatic rings. The first kappa shape index (κ1) is 15.6. The van der Waals surface area contributed by atoms with Crippen LogP contribution in [-0.4, -0.2) is 26.5 Å². The number of amides is 1. The standard InChI is InChI=1S/C17H19ClN4O2/c1-9-6-14(23)22(15-13(9)8-19-17(18)21-15)12-5-4-11(7-12)20-16(24)10-2-3-10/h6,8,10-12H,2-5,7H2,1H3,(H,20,24)/t11?,12-/m0/s1. The maximum Gasteiger partial charge on any atom is 0.252 e. The first-order valence-electron chi connectivity index (χ1n) is 8.37. The molecule has 24 heavy (non-hydrogen) atoms. The topological polar surface area (TPSA) is 76.9 Å². The molecular weight excluding hydrogens is 328 g/mol. The number of aryl methyl sites for hydroxylation is 1. The van der Waals surface area contributed by atoms with Crippen LogP contribution < -0.4 is 10.9 Å². The Kier molecular flexibility index (Phi) is 3.79. The highest BCUT2D eigenvalue weighted by atomic mass is 35.5. The fraction of sp³-hybridized carbons (Fsp3) is 0.529. The lowest BCUT2D eigenvalue weighted by molar-refractivity contribution is -0.122. The molecule has 1 unspecified atom stereocenters. The minimum absolute atomic E-state index is 0.0241. The predicted octanol–water partition coefficient (Wildman–Crippen LogP) is 2.37. The molecule has 2 fully saturated rings. The highest BCUT2D eigenvalue weighted by Crippen LogP contribution is 2.33. The summed E-state index contributed by atoms with van der Waals surface area (Å²) in [4.78, 5) is 32.9. The van der Waals surface area contributed by atoms with Crippen molar-refractivity contribution in [2.75, 3.05) is 0 Å². The van der Waals surface area contributed by atoms with E-state index in [4.69, 9.17) is 11.6 Å². The second-order valence-electron chi connectivity index (χ2n) is 6.86. The zero-order valence-corrected chi connectivity index (χ0v) is 14.2. The van der Waals surface area contributed by atoms with Gasteiger partial charge in [0.1, 0.15) is 5.65 Å². The van der Waals surface area contributed by atoms with Crippen molar-refractivity contribution in [3.8, 4) is 0 Å². The fourth-order valence-electron chi connectivity index (χ4n) is 3.59. The van der Waals surface area contributed by atoms with E-state index >= 15 is 0 Å². The van der Waals surface area contributed by atoms with Crippen LogP contribution >= 0.6 is 11.6 Å². The second-order valence-corrected chi connectivity index (χ2v) is 7.20. The lowest BCUT2D eigenvalue weighted by atomic mass is 10.1. The summed E-state index contributed by atoms with van der Waals surface area (Å²) in [5.74, 6) is 0.366. The van der Waals surface area contributed by atoms with Crippen LogP contribution in [0.4, 0.5) is 0 Å². The first-order chi connectivity index (χ1) is 11.5. The molecule has 2 aromatic heterocycles. The molecule has 1 N–H and O–H groups in total. The van der Waals surface area contributed by atoms with Crippen molar-refractivity contribution in [1.29, 1.82) is 0 Å². The third-order valence-corrected chi connectivity index (χ3v) is 5.22. The lowest BCUT2D eigenvalue weighted by Crippen LogP contribution is -2.34. The molecule has 2 heterocycles. The largest absolute Gasteiger partial charge is 0.353 e. The maximum atomic E-state index is 12.6. The summed E-state index contributed by atoms with van der Waals surface area (Å²) < 4.78 is 1.72. The molecule has 0 aromatic carbocycles. The number of nitrogens with one attached hydrogen (secondary N) is 1. The van der Waals surface area contributed by atoms with Crippen LogP contribution in [0.5, 0.6) is 0 Å². The van der Waals surface area contributed by atoms with E-state index in [2.05, 4.69) is 15.3 Å².